The normalized spacial score (nSPS) is 26.1. The maximum atomic E-state index is 6.07. The van der Waals surface area contributed by atoms with Crippen molar-refractivity contribution in [1.82, 2.24) is 20.2 Å². The van der Waals surface area contributed by atoms with Gasteiger partial charge in [0.15, 0.2) is 0 Å². The minimum atomic E-state index is 0.591. The largest absolute Gasteiger partial charge is 0.383 e. The smallest absolute Gasteiger partial charge is 0.145 e. The lowest BCUT2D eigenvalue weighted by Crippen LogP contribution is -2.44. The predicted molar refractivity (Wildman–Crippen MR) is 83.7 cm³/mol. The molecule has 2 aliphatic heterocycles. The molecule has 1 aromatic carbocycles. The maximum Gasteiger partial charge on any atom is 0.145 e. The highest BCUT2D eigenvalue weighted by atomic mass is 15.2. The van der Waals surface area contributed by atoms with E-state index in [1.54, 1.807) is 0 Å². The Hall–Kier alpha value is -1.72. The average molecular weight is 283 g/mol. The molecule has 2 aromatic rings. The van der Waals surface area contributed by atoms with Crippen molar-refractivity contribution in [3.63, 3.8) is 0 Å². The van der Waals surface area contributed by atoms with Crippen molar-refractivity contribution in [1.29, 1.82) is 0 Å². The van der Waals surface area contributed by atoms with Gasteiger partial charge in [-0.2, -0.15) is 0 Å². The number of rotatable bonds is 2. The van der Waals surface area contributed by atoms with Crippen molar-refractivity contribution in [2.45, 2.75) is 25.4 Å². The van der Waals surface area contributed by atoms with Crippen molar-refractivity contribution < 1.29 is 0 Å². The number of benzene rings is 1. The molecular formula is C16H21N5. The molecule has 2 atom stereocenters. The molecule has 5 heteroatoms. The molecule has 2 fully saturated rings. The van der Waals surface area contributed by atoms with E-state index >= 15 is 0 Å². The van der Waals surface area contributed by atoms with E-state index in [4.69, 9.17) is 5.73 Å². The number of hydrogen-bond acceptors (Lipinski definition) is 5. The summed E-state index contributed by atoms with van der Waals surface area (Å²) in [5.41, 5.74) is 7.01. The van der Waals surface area contributed by atoms with E-state index in [1.807, 2.05) is 24.3 Å². The zero-order valence-corrected chi connectivity index (χ0v) is 12.1. The highest BCUT2D eigenvalue weighted by Crippen LogP contribution is 2.25. The number of piperidine rings is 1. The van der Waals surface area contributed by atoms with Crippen LogP contribution in [-0.4, -0.2) is 40.5 Å². The van der Waals surface area contributed by atoms with Gasteiger partial charge in [0, 0.05) is 24.5 Å². The van der Waals surface area contributed by atoms with Gasteiger partial charge in [-0.3, -0.25) is 4.90 Å². The Morgan fingerprint density at radius 3 is 3.10 bits per heavy atom. The summed E-state index contributed by atoms with van der Waals surface area (Å²) in [6, 6.07) is 8.67. The summed E-state index contributed by atoms with van der Waals surface area (Å²) >= 11 is 0. The number of anilines is 1. The second kappa shape index (κ2) is 5.24. The third-order valence-corrected chi connectivity index (χ3v) is 4.78. The van der Waals surface area contributed by atoms with Crippen LogP contribution in [0.3, 0.4) is 0 Å². The van der Waals surface area contributed by atoms with Gasteiger partial charge in [0.05, 0.1) is 12.1 Å². The summed E-state index contributed by atoms with van der Waals surface area (Å²) in [4.78, 5) is 11.6. The van der Waals surface area contributed by atoms with Crippen LogP contribution in [0.25, 0.3) is 10.9 Å². The fourth-order valence-corrected chi connectivity index (χ4v) is 3.69. The van der Waals surface area contributed by atoms with E-state index in [0.29, 0.717) is 5.82 Å². The van der Waals surface area contributed by atoms with Crippen LogP contribution in [0.4, 0.5) is 5.82 Å². The summed E-state index contributed by atoms with van der Waals surface area (Å²) < 4.78 is 0. The number of nitrogens with one attached hydrogen (secondary N) is 1. The fourth-order valence-electron chi connectivity index (χ4n) is 3.69. The van der Waals surface area contributed by atoms with Crippen LogP contribution in [0, 0.1) is 5.92 Å². The van der Waals surface area contributed by atoms with Gasteiger partial charge in [0.25, 0.3) is 0 Å². The number of likely N-dealkylation sites (tertiary alicyclic amines) is 1. The van der Waals surface area contributed by atoms with Gasteiger partial charge < -0.3 is 11.1 Å². The van der Waals surface area contributed by atoms with Gasteiger partial charge in [-0.25, -0.2) is 9.97 Å². The molecule has 0 amide bonds. The summed E-state index contributed by atoms with van der Waals surface area (Å²) in [7, 11) is 0. The maximum absolute atomic E-state index is 6.07. The summed E-state index contributed by atoms with van der Waals surface area (Å²) in [5.74, 6) is 2.22. The van der Waals surface area contributed by atoms with Crippen LogP contribution in [0.5, 0.6) is 0 Å². The Labute approximate surface area is 124 Å². The highest BCUT2D eigenvalue weighted by Gasteiger charge is 2.32. The molecule has 0 radical (unpaired) electrons. The van der Waals surface area contributed by atoms with Crippen molar-refractivity contribution in [3.8, 4) is 0 Å². The standard InChI is InChI=1S/C16H21N5/c17-16-12-3-1-2-4-14(12)19-15(20-16)10-21-8-6-13-11(9-21)5-7-18-13/h1-4,11,13,18H,5-10H2,(H2,17,19,20). The fraction of sp³-hybridized carbons (Fsp3) is 0.500. The quantitative estimate of drug-likeness (QED) is 0.872. The number of aromatic nitrogens is 2. The molecule has 5 nitrogen and oxygen atoms in total. The molecule has 2 aliphatic rings. The van der Waals surface area contributed by atoms with Crippen molar-refractivity contribution in [2.24, 2.45) is 5.92 Å². The average Bonchev–Trinajstić information content (AvgIpc) is 2.95. The Morgan fingerprint density at radius 2 is 2.14 bits per heavy atom. The number of fused-ring (bicyclic) bond motifs is 2. The first-order valence-electron chi connectivity index (χ1n) is 7.76. The first-order chi connectivity index (χ1) is 10.3. The summed E-state index contributed by atoms with van der Waals surface area (Å²) in [5, 5.41) is 4.54. The molecule has 3 N–H and O–H groups in total. The molecular weight excluding hydrogens is 262 g/mol. The highest BCUT2D eigenvalue weighted by molar-refractivity contribution is 5.87. The van der Waals surface area contributed by atoms with E-state index in [1.165, 1.54) is 19.4 Å². The zero-order chi connectivity index (χ0) is 14.2. The molecule has 2 unspecified atom stereocenters. The topological polar surface area (TPSA) is 67.1 Å². The number of para-hydroxylation sites is 1. The lowest BCUT2D eigenvalue weighted by Gasteiger charge is -2.34. The van der Waals surface area contributed by atoms with E-state index in [-0.39, 0.29) is 0 Å². The number of nitrogens with zero attached hydrogens (tertiary/aromatic N) is 3. The molecule has 21 heavy (non-hydrogen) atoms. The first-order valence-corrected chi connectivity index (χ1v) is 7.76. The monoisotopic (exact) mass is 283 g/mol. The Bertz CT molecular complexity index is 656. The van der Waals surface area contributed by atoms with Crippen LogP contribution < -0.4 is 11.1 Å². The molecule has 2 saturated heterocycles. The Kier molecular flexibility index (Phi) is 3.24. The van der Waals surface area contributed by atoms with E-state index in [2.05, 4.69) is 20.2 Å². The second-order valence-electron chi connectivity index (χ2n) is 6.18. The summed E-state index contributed by atoms with van der Waals surface area (Å²) in [6.45, 7) is 4.23. The van der Waals surface area contributed by atoms with Crippen LogP contribution in [0.1, 0.15) is 18.7 Å². The molecule has 0 spiro atoms. The van der Waals surface area contributed by atoms with Crippen molar-refractivity contribution >= 4 is 16.7 Å². The van der Waals surface area contributed by atoms with Gasteiger partial charge in [-0.1, -0.05) is 12.1 Å². The molecule has 3 heterocycles. The predicted octanol–water partition coefficient (Wildman–Crippen LogP) is 1.40. The van der Waals surface area contributed by atoms with Crippen LogP contribution in [-0.2, 0) is 6.54 Å². The Morgan fingerprint density at radius 1 is 1.24 bits per heavy atom. The molecule has 4 rings (SSSR count). The van der Waals surface area contributed by atoms with E-state index in [0.717, 1.165) is 48.3 Å². The zero-order valence-electron chi connectivity index (χ0n) is 12.1. The van der Waals surface area contributed by atoms with E-state index < -0.39 is 0 Å². The van der Waals surface area contributed by atoms with Gasteiger partial charge in [0.1, 0.15) is 11.6 Å². The Balaban J connectivity index is 1.54. The molecule has 1 aromatic heterocycles. The molecule has 0 bridgehead atoms. The van der Waals surface area contributed by atoms with Crippen molar-refractivity contribution in [2.75, 3.05) is 25.4 Å². The first kappa shape index (κ1) is 13.0. The van der Waals surface area contributed by atoms with Crippen molar-refractivity contribution in [3.05, 3.63) is 30.1 Å². The third kappa shape index (κ3) is 2.47. The lowest BCUT2D eigenvalue weighted by molar-refractivity contribution is 0.153. The minimum absolute atomic E-state index is 0.591. The van der Waals surface area contributed by atoms with E-state index in [9.17, 15) is 0 Å². The molecule has 0 saturated carbocycles. The van der Waals surface area contributed by atoms with Crippen LogP contribution in [0.2, 0.25) is 0 Å². The number of nitrogens with two attached hydrogens (primary N) is 1. The summed E-state index contributed by atoms with van der Waals surface area (Å²) in [6.07, 6.45) is 2.52. The van der Waals surface area contributed by atoms with Crippen LogP contribution >= 0.6 is 0 Å². The molecule has 110 valence electrons. The second-order valence-corrected chi connectivity index (χ2v) is 6.18. The van der Waals surface area contributed by atoms with Gasteiger partial charge in [0.2, 0.25) is 0 Å². The van der Waals surface area contributed by atoms with Gasteiger partial charge >= 0.3 is 0 Å². The van der Waals surface area contributed by atoms with Gasteiger partial charge in [-0.05, 0) is 37.4 Å². The van der Waals surface area contributed by atoms with Gasteiger partial charge in [-0.15, -0.1) is 0 Å². The third-order valence-electron chi connectivity index (χ3n) is 4.78. The minimum Gasteiger partial charge on any atom is -0.383 e. The molecule has 0 aliphatic carbocycles. The van der Waals surface area contributed by atoms with Crippen LogP contribution in [0.15, 0.2) is 24.3 Å². The SMILES string of the molecule is Nc1nc(CN2CCC3NCCC3C2)nc2ccccc12. The number of hydrogen-bond donors (Lipinski definition) is 2. The number of nitrogen functional groups attached to an aromatic ring is 1. The lowest BCUT2D eigenvalue weighted by atomic mass is 9.93.